The number of nitro groups is 1. The lowest BCUT2D eigenvalue weighted by molar-refractivity contribution is -0.386. The van der Waals surface area contributed by atoms with E-state index in [2.05, 4.69) is 15.9 Å². The molecule has 0 bridgehead atoms. The fraction of sp³-hybridized carbons (Fsp3) is 0.500. The van der Waals surface area contributed by atoms with E-state index >= 15 is 0 Å². The molecule has 0 aliphatic carbocycles. The number of nitrogens with two attached hydrogens (primary N) is 1. The maximum atomic E-state index is 11.3. The summed E-state index contributed by atoms with van der Waals surface area (Å²) < 4.78 is 22.6. The van der Waals surface area contributed by atoms with Crippen LogP contribution in [-0.2, 0) is 10.0 Å². The first-order valence-electron chi connectivity index (χ1n) is 6.01. The molecule has 0 amide bonds. The van der Waals surface area contributed by atoms with Crippen LogP contribution in [0.3, 0.4) is 0 Å². The van der Waals surface area contributed by atoms with Gasteiger partial charge in [0.2, 0.25) is 10.0 Å². The molecule has 0 saturated carbocycles. The maximum Gasteiger partial charge on any atom is 0.274 e. The Bertz CT molecular complexity index is 606. The highest BCUT2D eigenvalue weighted by atomic mass is 79.9. The molecule has 2 N–H and O–H groups in total. The summed E-state index contributed by atoms with van der Waals surface area (Å²) in [7, 11) is -3.96. The number of benzene rings is 1. The number of hydrogen-bond donors (Lipinski definition) is 1. The van der Waals surface area contributed by atoms with Gasteiger partial charge in [0.1, 0.15) is 0 Å². The van der Waals surface area contributed by atoms with E-state index in [1.54, 1.807) is 0 Å². The number of rotatable bonds is 5. The zero-order chi connectivity index (χ0) is 15.7. The molecule has 0 aliphatic heterocycles. The van der Waals surface area contributed by atoms with Crippen LogP contribution in [-0.4, -0.2) is 18.2 Å². The predicted molar refractivity (Wildman–Crippen MR) is 80.4 cm³/mol. The number of sulfonamides is 1. The van der Waals surface area contributed by atoms with E-state index < -0.39 is 14.9 Å². The summed E-state index contributed by atoms with van der Waals surface area (Å²) in [4.78, 5) is 10.4. The van der Waals surface area contributed by atoms with E-state index in [9.17, 15) is 18.5 Å². The Hall–Kier alpha value is -0.990. The molecule has 0 radical (unpaired) electrons. The highest BCUT2D eigenvalue weighted by Gasteiger charge is 2.29. The zero-order valence-electron chi connectivity index (χ0n) is 11.4. The molecule has 6 nitrogen and oxygen atoms in total. The largest absolute Gasteiger partial charge is 0.274 e. The average Bonchev–Trinajstić information content (AvgIpc) is 2.26. The molecule has 0 saturated heterocycles. The third-order valence-electron chi connectivity index (χ3n) is 3.10. The Balaban J connectivity index is 3.52. The lowest BCUT2D eigenvalue weighted by Gasteiger charge is -2.24. The van der Waals surface area contributed by atoms with E-state index in [-0.39, 0.29) is 27.2 Å². The normalized spacial score (nSPS) is 15.1. The van der Waals surface area contributed by atoms with Crippen LogP contribution in [0.1, 0.15) is 32.3 Å². The molecule has 2 unspecified atom stereocenters. The lowest BCUT2D eigenvalue weighted by Crippen LogP contribution is -2.18. The smallest absolute Gasteiger partial charge is 0.258 e. The van der Waals surface area contributed by atoms with Gasteiger partial charge in [-0.1, -0.05) is 42.8 Å². The van der Waals surface area contributed by atoms with Crippen molar-refractivity contribution in [1.82, 2.24) is 0 Å². The van der Waals surface area contributed by atoms with Crippen molar-refractivity contribution in [3.8, 4) is 0 Å². The van der Waals surface area contributed by atoms with Crippen LogP contribution >= 0.6 is 15.9 Å². The molecule has 1 rings (SSSR count). The summed E-state index contributed by atoms with van der Waals surface area (Å²) in [5.74, 6) is 0.0494. The Morgan fingerprint density at radius 1 is 1.30 bits per heavy atom. The average molecular weight is 365 g/mol. The molecule has 0 aliphatic rings. The van der Waals surface area contributed by atoms with Crippen molar-refractivity contribution in [2.75, 3.05) is 0 Å². The number of hydrogen-bond acceptors (Lipinski definition) is 4. The minimum atomic E-state index is -3.96. The molecule has 0 spiro atoms. The fourth-order valence-corrected chi connectivity index (χ4v) is 3.71. The van der Waals surface area contributed by atoms with Crippen LogP contribution in [0.15, 0.2) is 23.1 Å². The van der Waals surface area contributed by atoms with Gasteiger partial charge in [0.05, 0.1) is 9.82 Å². The summed E-state index contributed by atoms with van der Waals surface area (Å²) >= 11 is 3.45. The van der Waals surface area contributed by atoms with Crippen LogP contribution in [0.25, 0.3) is 0 Å². The first-order valence-corrected chi connectivity index (χ1v) is 8.47. The van der Waals surface area contributed by atoms with Crippen molar-refractivity contribution in [3.63, 3.8) is 0 Å². The summed E-state index contributed by atoms with van der Waals surface area (Å²) in [5, 5.41) is 16.2. The topological polar surface area (TPSA) is 103 Å². The quantitative estimate of drug-likeness (QED) is 0.492. The highest BCUT2D eigenvalue weighted by molar-refractivity contribution is 9.09. The van der Waals surface area contributed by atoms with Crippen LogP contribution in [0.2, 0.25) is 0 Å². The third-order valence-corrected chi connectivity index (χ3v) is 4.58. The first-order chi connectivity index (χ1) is 9.05. The molecule has 1 aromatic rings. The van der Waals surface area contributed by atoms with E-state index in [4.69, 9.17) is 5.14 Å². The van der Waals surface area contributed by atoms with Crippen molar-refractivity contribution in [1.29, 1.82) is 0 Å². The van der Waals surface area contributed by atoms with Crippen molar-refractivity contribution < 1.29 is 13.3 Å². The van der Waals surface area contributed by atoms with Gasteiger partial charge in [-0.05, 0) is 12.0 Å². The molecule has 112 valence electrons. The molecule has 0 aromatic heterocycles. The minimum Gasteiger partial charge on any atom is -0.258 e. The van der Waals surface area contributed by atoms with Gasteiger partial charge in [-0.3, -0.25) is 10.1 Å². The van der Waals surface area contributed by atoms with E-state index in [1.807, 2.05) is 20.8 Å². The summed E-state index contributed by atoms with van der Waals surface area (Å²) in [6.45, 7) is 5.82. The fourth-order valence-electron chi connectivity index (χ4n) is 2.28. The maximum absolute atomic E-state index is 11.3. The van der Waals surface area contributed by atoms with Gasteiger partial charge in [0, 0.05) is 22.4 Å². The number of primary sulfonamides is 1. The second kappa shape index (κ2) is 6.19. The van der Waals surface area contributed by atoms with Crippen molar-refractivity contribution in [2.45, 2.75) is 36.4 Å². The van der Waals surface area contributed by atoms with Gasteiger partial charge in [-0.15, -0.1) is 0 Å². The third kappa shape index (κ3) is 3.77. The Labute approximate surface area is 126 Å². The monoisotopic (exact) mass is 364 g/mol. The van der Waals surface area contributed by atoms with Gasteiger partial charge in [0.15, 0.2) is 0 Å². The summed E-state index contributed by atoms with van der Waals surface area (Å²) in [6, 6.07) is 3.80. The molecular formula is C12H17BrN2O4S. The predicted octanol–water partition coefficient (Wildman–Crippen LogP) is 2.77. The summed E-state index contributed by atoms with van der Waals surface area (Å²) in [6.07, 6.45) is 0. The molecule has 1 aromatic carbocycles. The summed E-state index contributed by atoms with van der Waals surface area (Å²) in [5.41, 5.74) is 0.281. The molecule has 0 fully saturated rings. The van der Waals surface area contributed by atoms with E-state index in [1.165, 1.54) is 12.1 Å². The second-order valence-electron chi connectivity index (χ2n) is 4.97. The van der Waals surface area contributed by atoms with Crippen LogP contribution in [0.4, 0.5) is 5.69 Å². The Morgan fingerprint density at radius 3 is 2.20 bits per heavy atom. The van der Waals surface area contributed by atoms with Gasteiger partial charge in [0.25, 0.3) is 5.69 Å². The minimum absolute atomic E-state index is 0.0153. The van der Waals surface area contributed by atoms with Gasteiger partial charge >= 0.3 is 0 Å². The number of nitro benzene ring substituents is 1. The number of halogens is 1. The van der Waals surface area contributed by atoms with Gasteiger partial charge < -0.3 is 0 Å². The number of nitrogens with zero attached hydrogens (tertiary/aromatic N) is 1. The Morgan fingerprint density at radius 2 is 1.85 bits per heavy atom. The molecule has 20 heavy (non-hydrogen) atoms. The van der Waals surface area contributed by atoms with Crippen LogP contribution < -0.4 is 5.14 Å². The second-order valence-corrected chi connectivity index (χ2v) is 7.98. The molecule has 8 heteroatoms. The standard InChI is InChI=1S/C12H17BrN2O4S/c1-7(2)12(8(3)13)10-5-4-9(20(14,18)19)6-11(10)15(16)17/h4-8,12H,1-3H3,(H2,14,18,19). The van der Waals surface area contributed by atoms with Crippen LogP contribution in [0.5, 0.6) is 0 Å². The first kappa shape index (κ1) is 17.1. The molecule has 2 atom stereocenters. The molecule has 0 heterocycles. The van der Waals surface area contributed by atoms with E-state index in [0.29, 0.717) is 5.56 Å². The highest BCUT2D eigenvalue weighted by Crippen LogP contribution is 2.38. The number of alkyl halides is 1. The zero-order valence-corrected chi connectivity index (χ0v) is 13.8. The van der Waals surface area contributed by atoms with Crippen molar-refractivity contribution >= 4 is 31.6 Å². The van der Waals surface area contributed by atoms with Gasteiger partial charge in [-0.2, -0.15) is 0 Å². The SMILES string of the molecule is CC(C)C(c1ccc(S(N)(=O)=O)cc1[N+](=O)[O-])C(C)Br. The van der Waals surface area contributed by atoms with Crippen LogP contribution in [0, 0.1) is 16.0 Å². The lowest BCUT2D eigenvalue weighted by atomic mass is 9.85. The Kier molecular flexibility index (Phi) is 5.28. The van der Waals surface area contributed by atoms with Gasteiger partial charge in [-0.25, -0.2) is 13.6 Å². The molecular weight excluding hydrogens is 348 g/mol. The van der Waals surface area contributed by atoms with Crippen molar-refractivity contribution in [3.05, 3.63) is 33.9 Å². The van der Waals surface area contributed by atoms with Crippen molar-refractivity contribution in [2.24, 2.45) is 11.1 Å². The van der Waals surface area contributed by atoms with E-state index in [0.717, 1.165) is 6.07 Å².